The number of nitrogens with one attached hydrogen (secondary N) is 1. The number of nitrogens with zero attached hydrogens (tertiary/aromatic N) is 1. The molecule has 24 heavy (non-hydrogen) atoms. The predicted octanol–water partition coefficient (Wildman–Crippen LogP) is 1.70. The first-order valence-electron chi connectivity index (χ1n) is 8.39. The van der Waals surface area contributed by atoms with E-state index in [1.54, 1.807) is 4.31 Å². The first kappa shape index (κ1) is 17.8. The van der Waals surface area contributed by atoms with Crippen molar-refractivity contribution in [3.8, 4) is 0 Å². The van der Waals surface area contributed by atoms with E-state index in [-0.39, 0.29) is 17.3 Å². The van der Waals surface area contributed by atoms with Gasteiger partial charge in [-0.05, 0) is 36.6 Å². The average molecular weight is 373 g/mol. The van der Waals surface area contributed by atoms with Crippen LogP contribution in [0.2, 0.25) is 0 Å². The molecule has 3 rings (SSSR count). The topological polar surface area (TPSA) is 75.7 Å². The van der Waals surface area contributed by atoms with Crippen LogP contribution >= 0.6 is 11.3 Å². The molecule has 1 aromatic heterocycles. The molecule has 2 aliphatic heterocycles. The van der Waals surface area contributed by atoms with Gasteiger partial charge in [-0.3, -0.25) is 4.79 Å². The Kier molecular flexibility index (Phi) is 5.29. The third-order valence-electron chi connectivity index (χ3n) is 4.91. The minimum atomic E-state index is -3.14. The van der Waals surface area contributed by atoms with Gasteiger partial charge in [0.15, 0.2) is 0 Å². The second-order valence-electron chi connectivity index (χ2n) is 6.54. The Bertz CT molecular complexity index is 666. The number of sulfonamides is 1. The molecular formula is C16H24N2O4S2. The maximum absolute atomic E-state index is 12.1. The monoisotopic (exact) mass is 372 g/mol. The van der Waals surface area contributed by atoms with Gasteiger partial charge < -0.3 is 10.1 Å². The molecule has 134 valence electrons. The SMILES string of the molecule is CCCS(=O)(=O)N1CC2(C1)OCCC2CCNC(=O)c1ccsc1. The highest BCUT2D eigenvalue weighted by molar-refractivity contribution is 7.89. The Morgan fingerprint density at radius 2 is 2.29 bits per heavy atom. The summed E-state index contributed by atoms with van der Waals surface area (Å²) < 4.78 is 31.7. The summed E-state index contributed by atoms with van der Waals surface area (Å²) in [5.41, 5.74) is 0.353. The molecule has 0 aromatic carbocycles. The fourth-order valence-corrected chi connectivity index (χ4v) is 5.77. The number of amides is 1. The molecule has 1 spiro atoms. The smallest absolute Gasteiger partial charge is 0.252 e. The predicted molar refractivity (Wildman–Crippen MR) is 93.7 cm³/mol. The number of carbonyl (C=O) groups excluding carboxylic acids is 1. The molecule has 0 aliphatic carbocycles. The standard InChI is InChI=1S/C16H24N2O4S2/c1-2-9-24(20,21)18-11-16(12-18)14(4-7-22-16)3-6-17-15(19)13-5-8-23-10-13/h5,8,10,14H,2-4,6-7,9,11-12H2,1H3,(H,17,19). The van der Waals surface area contributed by atoms with E-state index in [9.17, 15) is 13.2 Å². The van der Waals surface area contributed by atoms with Crippen LogP contribution in [0.5, 0.6) is 0 Å². The van der Waals surface area contributed by atoms with Crippen LogP contribution in [-0.2, 0) is 14.8 Å². The number of carbonyl (C=O) groups is 1. The molecule has 1 aromatic rings. The summed E-state index contributed by atoms with van der Waals surface area (Å²) in [5, 5.41) is 6.65. The van der Waals surface area contributed by atoms with Crippen molar-refractivity contribution in [3.05, 3.63) is 22.4 Å². The third-order valence-corrected chi connectivity index (χ3v) is 7.56. The van der Waals surface area contributed by atoms with Crippen LogP contribution in [0.1, 0.15) is 36.5 Å². The number of hydrogen-bond donors (Lipinski definition) is 1. The van der Waals surface area contributed by atoms with Crippen LogP contribution in [-0.4, -0.2) is 56.2 Å². The van der Waals surface area contributed by atoms with E-state index >= 15 is 0 Å². The molecule has 6 nitrogen and oxygen atoms in total. The minimum Gasteiger partial charge on any atom is -0.372 e. The molecule has 0 saturated carbocycles. The van der Waals surface area contributed by atoms with Gasteiger partial charge in [-0.2, -0.15) is 15.6 Å². The van der Waals surface area contributed by atoms with E-state index in [1.807, 2.05) is 23.8 Å². The Balaban J connectivity index is 1.49. The maximum atomic E-state index is 12.1. The molecule has 1 N–H and O–H groups in total. The number of ether oxygens (including phenoxy) is 1. The van der Waals surface area contributed by atoms with Crippen LogP contribution in [0, 0.1) is 5.92 Å². The molecule has 2 aliphatic rings. The summed E-state index contributed by atoms with van der Waals surface area (Å²) in [6, 6.07) is 1.81. The molecule has 1 atom stereocenters. The van der Waals surface area contributed by atoms with Gasteiger partial charge in [0.2, 0.25) is 10.0 Å². The molecule has 8 heteroatoms. The fourth-order valence-electron chi connectivity index (χ4n) is 3.53. The van der Waals surface area contributed by atoms with Crippen molar-refractivity contribution in [2.75, 3.05) is 32.0 Å². The van der Waals surface area contributed by atoms with E-state index in [0.29, 0.717) is 44.1 Å². The quantitative estimate of drug-likeness (QED) is 0.790. The lowest BCUT2D eigenvalue weighted by atomic mass is 9.80. The van der Waals surface area contributed by atoms with Crippen molar-refractivity contribution in [2.24, 2.45) is 5.92 Å². The van der Waals surface area contributed by atoms with Crippen LogP contribution in [0.3, 0.4) is 0 Å². The number of thiophene rings is 1. The number of hydrogen-bond acceptors (Lipinski definition) is 5. The van der Waals surface area contributed by atoms with Crippen LogP contribution < -0.4 is 5.32 Å². The second kappa shape index (κ2) is 7.11. The van der Waals surface area contributed by atoms with Crippen molar-refractivity contribution in [3.63, 3.8) is 0 Å². The lowest BCUT2D eigenvalue weighted by Gasteiger charge is -2.49. The summed E-state index contributed by atoms with van der Waals surface area (Å²) >= 11 is 1.50. The molecular weight excluding hydrogens is 348 g/mol. The Hall–Kier alpha value is -0.960. The van der Waals surface area contributed by atoms with Crippen LogP contribution in [0.15, 0.2) is 16.8 Å². The first-order chi connectivity index (χ1) is 11.5. The zero-order valence-electron chi connectivity index (χ0n) is 13.9. The van der Waals surface area contributed by atoms with E-state index in [1.165, 1.54) is 11.3 Å². The fraction of sp³-hybridized carbons (Fsp3) is 0.688. The largest absolute Gasteiger partial charge is 0.372 e. The van der Waals surface area contributed by atoms with Gasteiger partial charge in [-0.15, -0.1) is 0 Å². The Morgan fingerprint density at radius 1 is 1.50 bits per heavy atom. The van der Waals surface area contributed by atoms with Gasteiger partial charge >= 0.3 is 0 Å². The second-order valence-corrected chi connectivity index (χ2v) is 9.41. The lowest BCUT2D eigenvalue weighted by molar-refractivity contribution is -0.102. The average Bonchev–Trinajstić information content (AvgIpc) is 3.15. The zero-order chi connectivity index (χ0) is 17.2. The molecule has 2 fully saturated rings. The summed E-state index contributed by atoms with van der Waals surface area (Å²) in [5.74, 6) is 0.447. The van der Waals surface area contributed by atoms with Gasteiger partial charge in [-0.1, -0.05) is 6.92 Å². The van der Waals surface area contributed by atoms with E-state index in [2.05, 4.69) is 5.32 Å². The van der Waals surface area contributed by atoms with Crippen molar-refractivity contribution in [1.29, 1.82) is 0 Å². The summed E-state index contributed by atoms with van der Waals surface area (Å²) in [7, 11) is -3.14. The molecule has 2 saturated heterocycles. The van der Waals surface area contributed by atoms with Gasteiger partial charge in [0, 0.05) is 37.2 Å². The Morgan fingerprint density at radius 3 is 2.96 bits per heavy atom. The van der Waals surface area contributed by atoms with E-state index < -0.39 is 10.0 Å². The van der Waals surface area contributed by atoms with Crippen LogP contribution in [0.4, 0.5) is 0 Å². The minimum absolute atomic E-state index is 0.0509. The van der Waals surface area contributed by atoms with Gasteiger partial charge in [0.05, 0.1) is 11.4 Å². The van der Waals surface area contributed by atoms with Crippen molar-refractivity contribution < 1.29 is 17.9 Å². The lowest BCUT2D eigenvalue weighted by Crippen LogP contribution is -2.66. The molecule has 1 amide bonds. The summed E-state index contributed by atoms with van der Waals surface area (Å²) in [6.07, 6.45) is 2.37. The van der Waals surface area contributed by atoms with Gasteiger partial charge in [-0.25, -0.2) is 8.42 Å². The van der Waals surface area contributed by atoms with E-state index in [4.69, 9.17) is 4.74 Å². The first-order valence-corrected chi connectivity index (χ1v) is 10.9. The molecule has 1 unspecified atom stereocenters. The van der Waals surface area contributed by atoms with Crippen LogP contribution in [0.25, 0.3) is 0 Å². The maximum Gasteiger partial charge on any atom is 0.252 e. The molecule has 0 radical (unpaired) electrons. The van der Waals surface area contributed by atoms with Gasteiger partial charge in [0.25, 0.3) is 5.91 Å². The van der Waals surface area contributed by atoms with Crippen molar-refractivity contribution in [2.45, 2.75) is 31.8 Å². The Labute approximate surface area is 147 Å². The highest BCUT2D eigenvalue weighted by atomic mass is 32.2. The molecule has 3 heterocycles. The zero-order valence-corrected chi connectivity index (χ0v) is 15.5. The van der Waals surface area contributed by atoms with Crippen molar-refractivity contribution in [1.82, 2.24) is 9.62 Å². The highest BCUT2D eigenvalue weighted by Gasteiger charge is 2.55. The van der Waals surface area contributed by atoms with Crippen molar-refractivity contribution >= 4 is 27.3 Å². The normalized spacial score (nSPS) is 23.3. The number of rotatable bonds is 7. The third kappa shape index (κ3) is 3.51. The van der Waals surface area contributed by atoms with E-state index in [0.717, 1.165) is 12.8 Å². The summed E-state index contributed by atoms with van der Waals surface area (Å²) in [6.45, 7) is 4.05. The summed E-state index contributed by atoms with van der Waals surface area (Å²) in [4.78, 5) is 12.0. The van der Waals surface area contributed by atoms with Gasteiger partial charge in [0.1, 0.15) is 0 Å². The molecule has 0 bridgehead atoms. The highest BCUT2D eigenvalue weighted by Crippen LogP contribution is 2.42.